The Balaban J connectivity index is 0.000000243. The molecule has 6 N–H and O–H groups in total. The number of carbonyl (C=O) groups is 2. The standard InChI is InChI=1S/C8H8O3.C6H10O7/c1-11-7-5-3-2-4-6(7)8(9)10;7-1-2(8)4(5(10)11)13-6(12)3(1)9/h2-5H,1H3,(H,9,10);1-4,6-9,12H,(H,10,11)/t;1-,2-,3+,4-,6+/m.0/s1. The third kappa shape index (κ3) is 4.63. The predicted molar refractivity (Wildman–Crippen MR) is 76.5 cm³/mol. The minimum Gasteiger partial charge on any atom is -0.496 e. The number of para-hydroxylation sites is 1. The van der Waals surface area contributed by atoms with Crippen LogP contribution in [0.1, 0.15) is 10.4 Å². The zero-order valence-electron chi connectivity index (χ0n) is 12.5. The molecule has 0 unspecified atom stereocenters. The molecule has 0 amide bonds. The zero-order valence-corrected chi connectivity index (χ0v) is 12.5. The van der Waals surface area contributed by atoms with Gasteiger partial charge in [-0.05, 0) is 12.1 Å². The third-order valence-electron chi connectivity index (χ3n) is 3.17. The van der Waals surface area contributed by atoms with Crippen LogP contribution in [0, 0.1) is 0 Å². The lowest BCUT2D eigenvalue weighted by Crippen LogP contribution is -2.59. The highest BCUT2D eigenvalue weighted by atomic mass is 16.6. The van der Waals surface area contributed by atoms with Crippen LogP contribution in [0.15, 0.2) is 24.3 Å². The van der Waals surface area contributed by atoms with Crippen LogP contribution in [0.2, 0.25) is 0 Å². The van der Waals surface area contributed by atoms with E-state index in [1.54, 1.807) is 18.2 Å². The number of carboxylic acid groups (broad SMARTS) is 2. The number of carboxylic acids is 2. The van der Waals surface area contributed by atoms with Crippen LogP contribution < -0.4 is 4.74 Å². The summed E-state index contributed by atoms with van der Waals surface area (Å²) in [5, 5.41) is 53.0. The first kappa shape index (κ1) is 19.8. The summed E-state index contributed by atoms with van der Waals surface area (Å²) in [5.74, 6) is -2.10. The fourth-order valence-corrected chi connectivity index (χ4v) is 1.89. The number of hydrogen-bond acceptors (Lipinski definition) is 8. The molecule has 1 fully saturated rings. The highest BCUT2D eigenvalue weighted by molar-refractivity contribution is 5.90. The molecule has 10 nitrogen and oxygen atoms in total. The van der Waals surface area contributed by atoms with Gasteiger partial charge in [-0.15, -0.1) is 0 Å². The summed E-state index contributed by atoms with van der Waals surface area (Å²) in [6, 6.07) is 6.50. The van der Waals surface area contributed by atoms with Crippen molar-refractivity contribution in [3.05, 3.63) is 29.8 Å². The maximum Gasteiger partial charge on any atom is 0.339 e. The number of aromatic carboxylic acids is 1. The van der Waals surface area contributed by atoms with Gasteiger partial charge in [0.1, 0.15) is 29.6 Å². The molecule has 0 aliphatic carbocycles. The maximum absolute atomic E-state index is 10.5. The molecule has 1 aliphatic rings. The first-order valence-electron chi connectivity index (χ1n) is 6.67. The monoisotopic (exact) mass is 346 g/mol. The molecule has 1 saturated heterocycles. The molecule has 1 aliphatic heterocycles. The van der Waals surface area contributed by atoms with E-state index in [9.17, 15) is 9.59 Å². The Bertz CT molecular complexity index is 574. The molecule has 2 rings (SSSR count). The van der Waals surface area contributed by atoms with Crippen molar-refractivity contribution in [3.8, 4) is 5.75 Å². The van der Waals surface area contributed by atoms with E-state index in [2.05, 4.69) is 4.74 Å². The van der Waals surface area contributed by atoms with Crippen molar-refractivity contribution >= 4 is 11.9 Å². The predicted octanol–water partition coefficient (Wildman–Crippen LogP) is -1.74. The summed E-state index contributed by atoms with van der Waals surface area (Å²) in [7, 11) is 1.45. The number of aliphatic hydroxyl groups is 4. The summed E-state index contributed by atoms with van der Waals surface area (Å²) in [6.45, 7) is 0. The second-order valence-electron chi connectivity index (χ2n) is 4.76. The second-order valence-corrected chi connectivity index (χ2v) is 4.76. The molecular weight excluding hydrogens is 328 g/mol. The Hall–Kier alpha value is -2.24. The largest absolute Gasteiger partial charge is 0.496 e. The van der Waals surface area contributed by atoms with Crippen molar-refractivity contribution in [2.75, 3.05) is 7.11 Å². The van der Waals surface area contributed by atoms with E-state index in [4.69, 9.17) is 35.4 Å². The normalized spacial score (nSPS) is 29.1. The van der Waals surface area contributed by atoms with Gasteiger partial charge in [0, 0.05) is 0 Å². The topological polar surface area (TPSA) is 174 Å². The van der Waals surface area contributed by atoms with E-state index in [0.29, 0.717) is 5.75 Å². The van der Waals surface area contributed by atoms with Gasteiger partial charge in [0.2, 0.25) is 0 Å². The quantitative estimate of drug-likeness (QED) is 0.369. The number of methoxy groups -OCH3 is 1. The lowest BCUT2D eigenvalue weighted by atomic mass is 9.99. The van der Waals surface area contributed by atoms with E-state index in [1.165, 1.54) is 13.2 Å². The first-order chi connectivity index (χ1) is 11.2. The van der Waals surface area contributed by atoms with E-state index < -0.39 is 42.6 Å². The second kappa shape index (κ2) is 8.57. The SMILES string of the molecule is COc1ccccc1C(=O)O.O=C(O)[C@H]1O[C@@H](O)[C@H](O)[C@@H](O)[C@@H]1O. The fraction of sp³-hybridized carbons (Fsp3) is 0.429. The van der Waals surface area contributed by atoms with Crippen molar-refractivity contribution in [3.63, 3.8) is 0 Å². The summed E-state index contributed by atoms with van der Waals surface area (Å²) < 4.78 is 9.16. The minimum atomic E-state index is -1.81. The highest BCUT2D eigenvalue weighted by Gasteiger charge is 2.46. The minimum absolute atomic E-state index is 0.190. The molecule has 1 heterocycles. The molecule has 1 aromatic carbocycles. The molecule has 24 heavy (non-hydrogen) atoms. The van der Waals surface area contributed by atoms with Crippen molar-refractivity contribution < 1.29 is 49.7 Å². The number of rotatable bonds is 3. The Labute approximate surface area is 136 Å². The van der Waals surface area contributed by atoms with Crippen molar-refractivity contribution in [1.29, 1.82) is 0 Å². The van der Waals surface area contributed by atoms with Gasteiger partial charge in [-0.2, -0.15) is 0 Å². The number of aliphatic hydroxyl groups excluding tert-OH is 4. The number of benzene rings is 1. The smallest absolute Gasteiger partial charge is 0.339 e. The Morgan fingerprint density at radius 1 is 1.00 bits per heavy atom. The van der Waals surface area contributed by atoms with Gasteiger partial charge < -0.3 is 40.1 Å². The van der Waals surface area contributed by atoms with Crippen LogP contribution in [0.3, 0.4) is 0 Å². The van der Waals surface area contributed by atoms with E-state index in [1.807, 2.05) is 0 Å². The molecule has 0 saturated carbocycles. The fourth-order valence-electron chi connectivity index (χ4n) is 1.89. The molecule has 0 radical (unpaired) electrons. The van der Waals surface area contributed by atoms with Gasteiger partial charge in [0.25, 0.3) is 0 Å². The van der Waals surface area contributed by atoms with Crippen molar-refractivity contribution in [2.24, 2.45) is 0 Å². The molecule has 0 spiro atoms. The Kier molecular flexibility index (Phi) is 7.07. The van der Waals surface area contributed by atoms with Crippen LogP contribution in [0.25, 0.3) is 0 Å². The van der Waals surface area contributed by atoms with Crippen molar-refractivity contribution in [1.82, 2.24) is 0 Å². The molecule has 0 bridgehead atoms. The highest BCUT2D eigenvalue weighted by Crippen LogP contribution is 2.19. The van der Waals surface area contributed by atoms with Crippen LogP contribution in [0.4, 0.5) is 0 Å². The van der Waals surface area contributed by atoms with E-state index in [0.717, 1.165) is 0 Å². The summed E-state index contributed by atoms with van der Waals surface area (Å²) in [6.07, 6.45) is -8.72. The van der Waals surface area contributed by atoms with Crippen LogP contribution in [0.5, 0.6) is 5.75 Å². The number of hydrogen-bond donors (Lipinski definition) is 6. The number of ether oxygens (including phenoxy) is 2. The van der Waals surface area contributed by atoms with Gasteiger partial charge in [-0.3, -0.25) is 0 Å². The molecule has 10 heteroatoms. The average molecular weight is 346 g/mol. The third-order valence-corrected chi connectivity index (χ3v) is 3.17. The molecule has 1 aromatic rings. The van der Waals surface area contributed by atoms with Gasteiger partial charge in [-0.25, -0.2) is 9.59 Å². The number of aliphatic carboxylic acids is 1. The Morgan fingerprint density at radius 3 is 2.04 bits per heavy atom. The van der Waals surface area contributed by atoms with E-state index in [-0.39, 0.29) is 5.56 Å². The van der Waals surface area contributed by atoms with Gasteiger partial charge in [0.15, 0.2) is 12.4 Å². The zero-order chi connectivity index (χ0) is 18.4. The van der Waals surface area contributed by atoms with Gasteiger partial charge in [0.05, 0.1) is 7.11 Å². The Morgan fingerprint density at radius 2 is 1.58 bits per heavy atom. The molecule has 134 valence electrons. The van der Waals surface area contributed by atoms with Crippen LogP contribution in [-0.4, -0.2) is 80.4 Å². The van der Waals surface area contributed by atoms with Crippen LogP contribution in [-0.2, 0) is 9.53 Å². The molecular formula is C14H18O10. The lowest BCUT2D eigenvalue weighted by Gasteiger charge is -2.36. The van der Waals surface area contributed by atoms with E-state index >= 15 is 0 Å². The summed E-state index contributed by atoms with van der Waals surface area (Å²) >= 11 is 0. The van der Waals surface area contributed by atoms with Gasteiger partial charge >= 0.3 is 11.9 Å². The van der Waals surface area contributed by atoms with Gasteiger partial charge in [-0.1, -0.05) is 12.1 Å². The summed E-state index contributed by atoms with van der Waals surface area (Å²) in [4.78, 5) is 20.9. The molecule has 0 aromatic heterocycles. The first-order valence-corrected chi connectivity index (χ1v) is 6.67. The molecule has 5 atom stereocenters. The maximum atomic E-state index is 10.5. The lowest BCUT2D eigenvalue weighted by molar-refractivity contribution is -0.279. The average Bonchev–Trinajstić information content (AvgIpc) is 2.56. The summed E-state index contributed by atoms with van der Waals surface area (Å²) in [5.41, 5.74) is 0.190. The van der Waals surface area contributed by atoms with Crippen molar-refractivity contribution in [2.45, 2.75) is 30.7 Å². The van der Waals surface area contributed by atoms with Crippen LogP contribution >= 0.6 is 0 Å².